The van der Waals surface area contributed by atoms with E-state index in [1.807, 2.05) is 14.1 Å². The Kier molecular flexibility index (Phi) is 28.7. The zero-order valence-electron chi connectivity index (χ0n) is 10.7. The maximum Gasteiger partial charge on any atom is 0.0701 e. The molecule has 0 aliphatic heterocycles. The zero-order valence-corrected chi connectivity index (χ0v) is 12.3. The molecule has 0 heterocycles. The highest BCUT2D eigenvalue weighted by atomic mass is 35.5. The lowest BCUT2D eigenvalue weighted by molar-refractivity contribution is 0.0161. The van der Waals surface area contributed by atoms with Crippen molar-refractivity contribution in [2.45, 2.75) is 0 Å². The SMILES string of the molecule is CNCCOCCOCCOCCNC.Cl.Cl. The molecule has 2 N–H and O–H groups in total. The summed E-state index contributed by atoms with van der Waals surface area (Å²) in [5.41, 5.74) is 0. The fourth-order valence-corrected chi connectivity index (χ4v) is 0.890. The highest BCUT2D eigenvalue weighted by molar-refractivity contribution is 5.85. The molecule has 0 rings (SSSR count). The molecule has 0 aliphatic carbocycles. The van der Waals surface area contributed by atoms with Crippen LogP contribution in [0.1, 0.15) is 0 Å². The predicted octanol–water partition coefficient (Wildman–Crippen LogP) is 0.319. The van der Waals surface area contributed by atoms with Crippen molar-refractivity contribution in [1.29, 1.82) is 0 Å². The Labute approximate surface area is 117 Å². The summed E-state index contributed by atoms with van der Waals surface area (Å²) in [5, 5.41) is 6.01. The van der Waals surface area contributed by atoms with Crippen LogP contribution in [-0.2, 0) is 14.2 Å². The Bertz CT molecular complexity index is 112. The van der Waals surface area contributed by atoms with Gasteiger partial charge < -0.3 is 24.8 Å². The van der Waals surface area contributed by atoms with Crippen LogP contribution >= 0.6 is 24.8 Å². The third-order valence-electron chi connectivity index (χ3n) is 1.74. The first-order valence-corrected chi connectivity index (χ1v) is 5.44. The van der Waals surface area contributed by atoms with Crippen LogP contribution in [-0.4, -0.2) is 66.8 Å². The van der Waals surface area contributed by atoms with Crippen molar-refractivity contribution < 1.29 is 14.2 Å². The predicted molar refractivity (Wildman–Crippen MR) is 74.8 cm³/mol. The van der Waals surface area contributed by atoms with Crippen LogP contribution in [0.15, 0.2) is 0 Å². The minimum Gasteiger partial charge on any atom is -0.378 e. The Morgan fingerprint density at radius 1 is 0.588 bits per heavy atom. The second-order valence-electron chi connectivity index (χ2n) is 3.04. The molecule has 0 saturated heterocycles. The lowest BCUT2D eigenvalue weighted by Gasteiger charge is -2.06. The average Bonchev–Trinajstić information content (AvgIpc) is 2.26. The summed E-state index contributed by atoms with van der Waals surface area (Å²) in [6.07, 6.45) is 0. The summed E-state index contributed by atoms with van der Waals surface area (Å²) in [7, 11) is 3.81. The smallest absolute Gasteiger partial charge is 0.0701 e. The van der Waals surface area contributed by atoms with Crippen molar-refractivity contribution in [3.63, 3.8) is 0 Å². The first-order valence-electron chi connectivity index (χ1n) is 5.44. The van der Waals surface area contributed by atoms with Crippen molar-refractivity contribution in [1.82, 2.24) is 10.6 Å². The van der Waals surface area contributed by atoms with Crippen molar-refractivity contribution in [2.24, 2.45) is 0 Å². The van der Waals surface area contributed by atoms with Crippen molar-refractivity contribution in [3.8, 4) is 0 Å². The summed E-state index contributed by atoms with van der Waals surface area (Å²) in [4.78, 5) is 0. The standard InChI is InChI=1S/C10H24N2O3.2ClH/c1-11-3-5-13-7-9-15-10-8-14-6-4-12-2;;/h11-12H,3-10H2,1-2H3;2*1H. The quantitative estimate of drug-likeness (QED) is 0.508. The van der Waals surface area contributed by atoms with E-state index in [0.29, 0.717) is 26.4 Å². The van der Waals surface area contributed by atoms with Crippen LogP contribution in [0.2, 0.25) is 0 Å². The lowest BCUT2D eigenvalue weighted by Crippen LogP contribution is -2.18. The van der Waals surface area contributed by atoms with Gasteiger partial charge in [-0.15, -0.1) is 24.8 Å². The second kappa shape index (κ2) is 21.6. The number of hydrogen-bond donors (Lipinski definition) is 2. The van der Waals surface area contributed by atoms with Gasteiger partial charge in [-0.3, -0.25) is 0 Å². The molecular weight excluding hydrogens is 267 g/mol. The minimum atomic E-state index is 0. The van der Waals surface area contributed by atoms with Crippen LogP contribution in [0.25, 0.3) is 0 Å². The van der Waals surface area contributed by atoms with E-state index in [1.165, 1.54) is 0 Å². The fraction of sp³-hybridized carbons (Fsp3) is 1.00. The van der Waals surface area contributed by atoms with Gasteiger partial charge >= 0.3 is 0 Å². The molecule has 17 heavy (non-hydrogen) atoms. The molecule has 0 radical (unpaired) electrons. The van der Waals surface area contributed by atoms with Crippen molar-refractivity contribution >= 4 is 24.8 Å². The molecule has 0 bridgehead atoms. The number of halogens is 2. The Hall–Kier alpha value is 0.380. The third-order valence-corrected chi connectivity index (χ3v) is 1.74. The summed E-state index contributed by atoms with van der Waals surface area (Å²) in [6.45, 7) is 5.81. The van der Waals surface area contributed by atoms with Gasteiger partial charge in [0.15, 0.2) is 0 Å². The van der Waals surface area contributed by atoms with Crippen LogP contribution in [0.4, 0.5) is 0 Å². The van der Waals surface area contributed by atoms with Gasteiger partial charge in [0.05, 0.1) is 39.6 Å². The van der Waals surface area contributed by atoms with Crippen LogP contribution < -0.4 is 10.6 Å². The maximum absolute atomic E-state index is 5.30. The van der Waals surface area contributed by atoms with Gasteiger partial charge in [0.25, 0.3) is 0 Å². The van der Waals surface area contributed by atoms with E-state index in [0.717, 1.165) is 26.3 Å². The summed E-state index contributed by atoms with van der Waals surface area (Å²) < 4.78 is 15.9. The molecule has 0 aliphatic rings. The highest BCUT2D eigenvalue weighted by Gasteiger charge is 1.90. The molecule has 7 heteroatoms. The zero-order chi connectivity index (χ0) is 11.2. The maximum atomic E-state index is 5.30. The Morgan fingerprint density at radius 2 is 0.882 bits per heavy atom. The lowest BCUT2D eigenvalue weighted by atomic mass is 10.6. The molecule has 0 atom stereocenters. The molecule has 0 spiro atoms. The number of hydrogen-bond acceptors (Lipinski definition) is 5. The van der Waals surface area contributed by atoms with E-state index in [9.17, 15) is 0 Å². The highest BCUT2D eigenvalue weighted by Crippen LogP contribution is 1.80. The van der Waals surface area contributed by atoms with Crippen LogP contribution in [0.3, 0.4) is 0 Å². The third kappa shape index (κ3) is 22.1. The van der Waals surface area contributed by atoms with Gasteiger partial charge in [-0.1, -0.05) is 0 Å². The summed E-state index contributed by atoms with van der Waals surface area (Å²) in [6, 6.07) is 0. The Morgan fingerprint density at radius 3 is 1.18 bits per heavy atom. The van der Waals surface area contributed by atoms with Gasteiger partial charge in [0, 0.05) is 13.1 Å². The van der Waals surface area contributed by atoms with E-state index >= 15 is 0 Å². The van der Waals surface area contributed by atoms with Crippen molar-refractivity contribution in [2.75, 3.05) is 66.8 Å². The van der Waals surface area contributed by atoms with E-state index in [-0.39, 0.29) is 24.8 Å². The van der Waals surface area contributed by atoms with Gasteiger partial charge in [-0.2, -0.15) is 0 Å². The van der Waals surface area contributed by atoms with Gasteiger partial charge in [-0.05, 0) is 14.1 Å². The molecule has 0 aromatic heterocycles. The first kappa shape index (κ1) is 22.6. The first-order chi connectivity index (χ1) is 7.41. The normalized spacial score (nSPS) is 9.53. The molecule has 0 fully saturated rings. The number of ether oxygens (including phenoxy) is 3. The molecule has 0 unspecified atom stereocenters. The summed E-state index contributed by atoms with van der Waals surface area (Å²) in [5.74, 6) is 0. The molecule has 0 aromatic rings. The number of nitrogens with one attached hydrogen (secondary N) is 2. The summed E-state index contributed by atoms with van der Waals surface area (Å²) >= 11 is 0. The molecule has 108 valence electrons. The van der Waals surface area contributed by atoms with E-state index < -0.39 is 0 Å². The van der Waals surface area contributed by atoms with E-state index in [2.05, 4.69) is 10.6 Å². The molecule has 0 saturated carbocycles. The molecule has 5 nitrogen and oxygen atoms in total. The van der Waals surface area contributed by atoms with Crippen molar-refractivity contribution in [3.05, 3.63) is 0 Å². The minimum absolute atomic E-state index is 0. The fourth-order valence-electron chi connectivity index (χ4n) is 0.890. The van der Waals surface area contributed by atoms with Gasteiger partial charge in [0.2, 0.25) is 0 Å². The van der Waals surface area contributed by atoms with E-state index in [1.54, 1.807) is 0 Å². The van der Waals surface area contributed by atoms with E-state index in [4.69, 9.17) is 14.2 Å². The van der Waals surface area contributed by atoms with Gasteiger partial charge in [-0.25, -0.2) is 0 Å². The van der Waals surface area contributed by atoms with Crippen LogP contribution in [0, 0.1) is 0 Å². The average molecular weight is 293 g/mol. The van der Waals surface area contributed by atoms with Crippen LogP contribution in [0.5, 0.6) is 0 Å². The largest absolute Gasteiger partial charge is 0.378 e. The molecular formula is C10H26Cl2N2O3. The Balaban J connectivity index is -0.000000980. The number of likely N-dealkylation sites (N-methyl/N-ethyl adjacent to an activating group) is 2. The molecule has 0 amide bonds. The second-order valence-corrected chi connectivity index (χ2v) is 3.04. The number of rotatable bonds is 12. The molecule has 0 aromatic carbocycles. The monoisotopic (exact) mass is 292 g/mol. The van der Waals surface area contributed by atoms with Gasteiger partial charge in [0.1, 0.15) is 0 Å². The topological polar surface area (TPSA) is 51.8 Å².